The van der Waals surface area contributed by atoms with Crippen molar-refractivity contribution in [2.75, 3.05) is 14.2 Å². The van der Waals surface area contributed by atoms with Gasteiger partial charge in [0.2, 0.25) is 14.9 Å². The minimum atomic E-state index is -3.78. The fraction of sp³-hybridized carbons (Fsp3) is 0.176. The Kier molecular flexibility index (Phi) is 5.01. The molecule has 0 aliphatic rings. The van der Waals surface area contributed by atoms with Crippen molar-refractivity contribution in [3.8, 4) is 17.2 Å². The molecule has 9 heteroatoms. The normalized spacial score (nSPS) is 11.4. The molecular formula is C17H16BrN3O4S. The Morgan fingerprint density at radius 2 is 1.58 bits per heavy atom. The van der Waals surface area contributed by atoms with Crippen LogP contribution in [0.15, 0.2) is 56.9 Å². The van der Waals surface area contributed by atoms with Gasteiger partial charge in [0, 0.05) is 22.7 Å². The average molecular weight is 438 g/mol. The zero-order valence-electron chi connectivity index (χ0n) is 14.3. The van der Waals surface area contributed by atoms with Crippen molar-refractivity contribution in [3.05, 3.63) is 52.6 Å². The van der Waals surface area contributed by atoms with Crippen molar-refractivity contribution in [1.82, 2.24) is 15.0 Å². The molecule has 3 rings (SSSR count). The molecule has 0 aliphatic heterocycles. The first kappa shape index (κ1) is 18.4. The van der Waals surface area contributed by atoms with E-state index >= 15 is 0 Å². The molecule has 2 aromatic carbocycles. The summed E-state index contributed by atoms with van der Waals surface area (Å²) < 4.78 is 38.5. The van der Waals surface area contributed by atoms with Gasteiger partial charge in [0.15, 0.2) is 0 Å². The third-order valence-electron chi connectivity index (χ3n) is 3.81. The molecule has 0 unspecified atom stereocenters. The first-order valence-corrected chi connectivity index (χ1v) is 9.81. The van der Waals surface area contributed by atoms with E-state index in [-0.39, 0.29) is 9.92 Å². The van der Waals surface area contributed by atoms with Gasteiger partial charge < -0.3 is 9.47 Å². The molecule has 0 spiro atoms. The number of nitrogens with zero attached hydrogens (tertiary/aromatic N) is 3. The molecule has 7 nitrogen and oxygen atoms in total. The molecule has 0 amide bonds. The van der Waals surface area contributed by atoms with E-state index in [0.29, 0.717) is 22.9 Å². The molecule has 0 bridgehead atoms. The van der Waals surface area contributed by atoms with Gasteiger partial charge in [-0.3, -0.25) is 0 Å². The maximum atomic E-state index is 12.9. The zero-order chi connectivity index (χ0) is 18.9. The summed E-state index contributed by atoms with van der Waals surface area (Å²) in [5.41, 5.74) is 0.978. The molecule has 26 heavy (non-hydrogen) atoms. The third kappa shape index (κ3) is 3.32. The van der Waals surface area contributed by atoms with E-state index in [0.717, 1.165) is 4.47 Å². The van der Waals surface area contributed by atoms with Crippen LogP contribution in [0.1, 0.15) is 5.69 Å². The Labute approximate surface area is 159 Å². The monoisotopic (exact) mass is 437 g/mol. The van der Waals surface area contributed by atoms with E-state index in [1.54, 1.807) is 37.3 Å². The molecule has 0 aliphatic carbocycles. The molecule has 0 saturated carbocycles. The van der Waals surface area contributed by atoms with Crippen LogP contribution in [0.25, 0.3) is 5.69 Å². The summed E-state index contributed by atoms with van der Waals surface area (Å²) in [6.07, 6.45) is 0. The highest BCUT2D eigenvalue weighted by Gasteiger charge is 2.26. The van der Waals surface area contributed by atoms with Gasteiger partial charge in [-0.2, -0.15) is 0 Å². The Morgan fingerprint density at radius 1 is 1.00 bits per heavy atom. The quantitative estimate of drug-likeness (QED) is 0.609. The van der Waals surface area contributed by atoms with Crippen LogP contribution in [0.4, 0.5) is 0 Å². The van der Waals surface area contributed by atoms with Crippen LogP contribution >= 0.6 is 15.9 Å². The topological polar surface area (TPSA) is 83.3 Å². The second kappa shape index (κ2) is 7.08. The minimum absolute atomic E-state index is 0.0957. The van der Waals surface area contributed by atoms with E-state index in [1.165, 1.54) is 31.0 Å². The van der Waals surface area contributed by atoms with Gasteiger partial charge in [-0.05, 0) is 31.2 Å². The number of benzene rings is 2. The number of hydrogen-bond acceptors (Lipinski definition) is 6. The number of halogens is 1. The summed E-state index contributed by atoms with van der Waals surface area (Å²) in [4.78, 5) is 0.152. The zero-order valence-corrected chi connectivity index (χ0v) is 16.7. The van der Waals surface area contributed by atoms with Crippen LogP contribution in [-0.2, 0) is 9.84 Å². The molecular weight excluding hydrogens is 422 g/mol. The molecule has 0 saturated heterocycles. The van der Waals surface area contributed by atoms with E-state index in [1.807, 2.05) is 0 Å². The van der Waals surface area contributed by atoms with Gasteiger partial charge in [0.25, 0.3) is 0 Å². The predicted molar refractivity (Wildman–Crippen MR) is 98.8 cm³/mol. The van der Waals surface area contributed by atoms with E-state index in [9.17, 15) is 8.42 Å². The van der Waals surface area contributed by atoms with Crippen LogP contribution in [0.3, 0.4) is 0 Å². The minimum Gasteiger partial charge on any atom is -0.497 e. The fourth-order valence-electron chi connectivity index (χ4n) is 2.45. The highest BCUT2D eigenvalue weighted by Crippen LogP contribution is 2.28. The van der Waals surface area contributed by atoms with Crippen molar-refractivity contribution in [2.24, 2.45) is 0 Å². The summed E-state index contributed by atoms with van der Waals surface area (Å²) in [7, 11) is -0.707. The lowest BCUT2D eigenvalue weighted by Crippen LogP contribution is -2.06. The van der Waals surface area contributed by atoms with Crippen LogP contribution in [0.2, 0.25) is 0 Å². The molecule has 0 fully saturated rings. The molecule has 0 atom stereocenters. The highest BCUT2D eigenvalue weighted by molar-refractivity contribution is 9.10. The van der Waals surface area contributed by atoms with E-state index < -0.39 is 9.84 Å². The standard InChI is InChI=1S/C17H16BrN3O4S/c1-11-17(26(22,23)16-6-4-12(18)5-7-16)19-20-21(11)13-8-14(24-2)10-15(9-13)25-3/h4-10H,1-3H3. The SMILES string of the molecule is COc1cc(OC)cc(-n2nnc(S(=O)(=O)c3ccc(Br)cc3)c2C)c1. The molecule has 1 heterocycles. The second-order valence-electron chi connectivity index (χ2n) is 5.42. The number of hydrogen-bond donors (Lipinski definition) is 0. The van der Waals surface area contributed by atoms with Gasteiger partial charge in [-0.25, -0.2) is 13.1 Å². The van der Waals surface area contributed by atoms with Crippen LogP contribution in [0, 0.1) is 6.92 Å². The van der Waals surface area contributed by atoms with Crippen LogP contribution in [-0.4, -0.2) is 37.6 Å². The molecule has 0 N–H and O–H groups in total. The molecule has 0 radical (unpaired) electrons. The summed E-state index contributed by atoms with van der Waals surface area (Å²) in [5.74, 6) is 1.12. The smallest absolute Gasteiger partial charge is 0.227 e. The lowest BCUT2D eigenvalue weighted by Gasteiger charge is -2.09. The highest BCUT2D eigenvalue weighted by atomic mass is 79.9. The number of aromatic nitrogens is 3. The lowest BCUT2D eigenvalue weighted by molar-refractivity contribution is 0.393. The van der Waals surface area contributed by atoms with Gasteiger partial charge in [-0.1, -0.05) is 21.1 Å². The van der Waals surface area contributed by atoms with Crippen molar-refractivity contribution in [2.45, 2.75) is 16.8 Å². The summed E-state index contributed by atoms with van der Waals surface area (Å²) in [6.45, 7) is 1.65. The number of methoxy groups -OCH3 is 2. The molecule has 1 aromatic heterocycles. The van der Waals surface area contributed by atoms with Crippen LogP contribution < -0.4 is 9.47 Å². The van der Waals surface area contributed by atoms with Gasteiger partial charge in [0.05, 0.1) is 30.5 Å². The largest absolute Gasteiger partial charge is 0.497 e. The van der Waals surface area contributed by atoms with Crippen molar-refractivity contribution in [3.63, 3.8) is 0 Å². The van der Waals surface area contributed by atoms with Gasteiger partial charge in [-0.15, -0.1) is 5.10 Å². The first-order valence-electron chi connectivity index (χ1n) is 7.53. The number of rotatable bonds is 5. The summed E-state index contributed by atoms with van der Waals surface area (Å²) >= 11 is 3.29. The third-order valence-corrected chi connectivity index (χ3v) is 6.12. The summed E-state index contributed by atoms with van der Waals surface area (Å²) in [6, 6.07) is 11.5. The second-order valence-corrected chi connectivity index (χ2v) is 8.20. The maximum Gasteiger partial charge on any atom is 0.227 e. The first-order chi connectivity index (χ1) is 12.4. The molecule has 136 valence electrons. The number of ether oxygens (including phenoxy) is 2. The Morgan fingerprint density at radius 3 is 2.12 bits per heavy atom. The van der Waals surface area contributed by atoms with Crippen molar-refractivity contribution < 1.29 is 17.9 Å². The van der Waals surface area contributed by atoms with Crippen LogP contribution in [0.5, 0.6) is 11.5 Å². The predicted octanol–water partition coefficient (Wildman–Crippen LogP) is 3.19. The van der Waals surface area contributed by atoms with E-state index in [2.05, 4.69) is 26.2 Å². The number of sulfone groups is 1. The Balaban J connectivity index is 2.10. The fourth-order valence-corrected chi connectivity index (χ4v) is 4.05. The molecule has 3 aromatic rings. The Bertz CT molecular complexity index is 1020. The average Bonchev–Trinajstić information content (AvgIpc) is 3.03. The van der Waals surface area contributed by atoms with Gasteiger partial charge in [0.1, 0.15) is 11.5 Å². The Hall–Kier alpha value is -2.39. The van der Waals surface area contributed by atoms with Crippen molar-refractivity contribution in [1.29, 1.82) is 0 Å². The van der Waals surface area contributed by atoms with E-state index in [4.69, 9.17) is 9.47 Å². The maximum absolute atomic E-state index is 12.9. The lowest BCUT2D eigenvalue weighted by atomic mass is 10.2. The summed E-state index contributed by atoms with van der Waals surface area (Å²) in [5, 5.41) is 7.82. The van der Waals surface area contributed by atoms with Crippen molar-refractivity contribution >= 4 is 25.8 Å². The van der Waals surface area contributed by atoms with Gasteiger partial charge >= 0.3 is 0 Å².